The van der Waals surface area contributed by atoms with Crippen molar-refractivity contribution in [1.29, 1.82) is 0 Å². The van der Waals surface area contributed by atoms with E-state index >= 15 is 0 Å². The van der Waals surface area contributed by atoms with Crippen LogP contribution in [0.1, 0.15) is 11.1 Å². The number of halogens is 1. The molecule has 0 aliphatic heterocycles. The van der Waals surface area contributed by atoms with E-state index in [0.717, 1.165) is 38.5 Å². The van der Waals surface area contributed by atoms with Crippen LogP contribution in [0.5, 0.6) is 0 Å². The molecular formula is C33H25ClN4O3. The van der Waals surface area contributed by atoms with Crippen molar-refractivity contribution in [1.82, 2.24) is 20.1 Å². The smallest absolute Gasteiger partial charge is 0.326 e. The van der Waals surface area contributed by atoms with Gasteiger partial charge in [-0.05, 0) is 52.7 Å². The molecule has 2 heterocycles. The minimum atomic E-state index is -1.11. The Morgan fingerprint density at radius 3 is 2.61 bits per heavy atom. The first-order chi connectivity index (χ1) is 19.9. The average molecular weight is 561 g/mol. The lowest BCUT2D eigenvalue weighted by Crippen LogP contribution is -2.41. The van der Waals surface area contributed by atoms with Crippen LogP contribution in [0.25, 0.3) is 44.7 Å². The summed E-state index contributed by atoms with van der Waals surface area (Å²) < 4.78 is 1.71. The number of hydrogen-bond donors (Lipinski definition) is 3. The SMILES string of the molecule is O=C(/C=C/c1cn(-c2cccc(Cl)c2)nc1-c1ccc2ccccc2c1)NC(Cc1c[nH]c2ccccc12)C(=O)O. The highest BCUT2D eigenvalue weighted by Crippen LogP contribution is 2.28. The number of benzene rings is 4. The molecule has 6 aromatic rings. The van der Waals surface area contributed by atoms with Gasteiger partial charge in [0.1, 0.15) is 6.04 Å². The number of H-pyrrole nitrogens is 1. The zero-order valence-corrected chi connectivity index (χ0v) is 22.5. The lowest BCUT2D eigenvalue weighted by atomic mass is 10.0. The maximum absolute atomic E-state index is 13.0. The van der Waals surface area contributed by atoms with Crippen molar-refractivity contribution in [3.8, 4) is 16.9 Å². The number of amides is 1. The van der Waals surface area contributed by atoms with E-state index in [-0.39, 0.29) is 6.42 Å². The minimum Gasteiger partial charge on any atom is -0.480 e. The number of aromatic nitrogens is 3. The third-order valence-electron chi connectivity index (χ3n) is 6.97. The average Bonchev–Trinajstić information content (AvgIpc) is 3.60. The highest BCUT2D eigenvalue weighted by atomic mass is 35.5. The molecule has 0 fully saturated rings. The zero-order valence-electron chi connectivity index (χ0n) is 21.8. The fraction of sp³-hybridized carbons (Fsp3) is 0.0606. The second-order valence-electron chi connectivity index (χ2n) is 9.72. The first-order valence-electron chi connectivity index (χ1n) is 13.1. The summed E-state index contributed by atoms with van der Waals surface area (Å²) in [6, 6.07) is 28.0. The maximum Gasteiger partial charge on any atom is 0.326 e. The predicted molar refractivity (Wildman–Crippen MR) is 162 cm³/mol. The van der Waals surface area contributed by atoms with Crippen molar-refractivity contribution >= 4 is 51.2 Å². The van der Waals surface area contributed by atoms with Crippen molar-refractivity contribution < 1.29 is 14.7 Å². The highest BCUT2D eigenvalue weighted by Gasteiger charge is 2.21. The van der Waals surface area contributed by atoms with E-state index in [4.69, 9.17) is 16.7 Å². The molecule has 8 heteroatoms. The Morgan fingerprint density at radius 2 is 1.78 bits per heavy atom. The van der Waals surface area contributed by atoms with Crippen LogP contribution in [0, 0.1) is 0 Å². The molecule has 0 saturated heterocycles. The monoisotopic (exact) mass is 560 g/mol. The molecule has 202 valence electrons. The molecule has 0 aliphatic carbocycles. The summed E-state index contributed by atoms with van der Waals surface area (Å²) in [4.78, 5) is 28.1. The maximum atomic E-state index is 13.0. The van der Waals surface area contributed by atoms with Gasteiger partial charge in [-0.2, -0.15) is 5.10 Å². The summed E-state index contributed by atoms with van der Waals surface area (Å²) in [5.41, 5.74) is 4.75. The number of aliphatic carboxylic acids is 1. The van der Waals surface area contributed by atoms with Gasteiger partial charge in [-0.3, -0.25) is 4.79 Å². The van der Waals surface area contributed by atoms with Gasteiger partial charge in [-0.25, -0.2) is 9.48 Å². The number of nitrogens with one attached hydrogen (secondary N) is 2. The van der Waals surface area contributed by atoms with Gasteiger partial charge in [0.05, 0.1) is 11.4 Å². The van der Waals surface area contributed by atoms with Crippen molar-refractivity contribution in [2.75, 3.05) is 0 Å². The Labute approximate surface area is 240 Å². The summed E-state index contributed by atoms with van der Waals surface area (Å²) >= 11 is 6.23. The Balaban J connectivity index is 1.29. The second kappa shape index (κ2) is 11.2. The predicted octanol–water partition coefficient (Wildman–Crippen LogP) is 6.65. The zero-order chi connectivity index (χ0) is 28.3. The molecule has 3 N–H and O–H groups in total. The van der Waals surface area contributed by atoms with E-state index in [1.165, 1.54) is 6.08 Å². The number of fused-ring (bicyclic) bond motifs is 2. The molecule has 4 aromatic carbocycles. The Hall–Kier alpha value is -5.14. The van der Waals surface area contributed by atoms with Crippen molar-refractivity contribution in [3.63, 3.8) is 0 Å². The summed E-state index contributed by atoms with van der Waals surface area (Å²) in [7, 11) is 0. The fourth-order valence-corrected chi connectivity index (χ4v) is 5.11. The van der Waals surface area contributed by atoms with E-state index in [1.807, 2.05) is 79.0 Å². The molecule has 1 atom stereocenters. The van der Waals surface area contributed by atoms with E-state index in [0.29, 0.717) is 16.3 Å². The molecule has 6 rings (SSSR count). The number of nitrogens with zero attached hydrogens (tertiary/aromatic N) is 2. The molecule has 0 spiro atoms. The topological polar surface area (TPSA) is 100 Å². The molecule has 0 radical (unpaired) electrons. The van der Waals surface area contributed by atoms with Crippen LogP contribution < -0.4 is 5.32 Å². The molecule has 0 bridgehead atoms. The summed E-state index contributed by atoms with van der Waals surface area (Å²) in [6.07, 6.45) is 6.74. The third kappa shape index (κ3) is 5.62. The number of hydrogen-bond acceptors (Lipinski definition) is 3. The van der Waals surface area contributed by atoms with E-state index < -0.39 is 17.9 Å². The molecule has 0 saturated carbocycles. The molecule has 41 heavy (non-hydrogen) atoms. The first-order valence-corrected chi connectivity index (χ1v) is 13.4. The lowest BCUT2D eigenvalue weighted by molar-refractivity contribution is -0.141. The van der Waals surface area contributed by atoms with Gasteiger partial charge in [-0.15, -0.1) is 0 Å². The van der Waals surface area contributed by atoms with Crippen LogP contribution >= 0.6 is 11.6 Å². The Bertz CT molecular complexity index is 1940. The Kier molecular flexibility index (Phi) is 7.10. The molecule has 1 amide bonds. The van der Waals surface area contributed by atoms with Crippen LogP contribution in [0.2, 0.25) is 5.02 Å². The van der Waals surface area contributed by atoms with Crippen molar-refractivity contribution in [2.24, 2.45) is 0 Å². The van der Waals surface area contributed by atoms with E-state index in [2.05, 4.69) is 16.4 Å². The van der Waals surface area contributed by atoms with Gasteiger partial charge >= 0.3 is 5.97 Å². The summed E-state index contributed by atoms with van der Waals surface area (Å²) in [5, 5.41) is 21.0. The van der Waals surface area contributed by atoms with Crippen LogP contribution in [-0.4, -0.2) is 37.8 Å². The first kappa shape index (κ1) is 26.1. The normalized spacial score (nSPS) is 12.2. The molecule has 1 unspecified atom stereocenters. The number of carbonyl (C=O) groups is 2. The second-order valence-corrected chi connectivity index (χ2v) is 10.2. The van der Waals surface area contributed by atoms with Crippen LogP contribution in [0.4, 0.5) is 0 Å². The van der Waals surface area contributed by atoms with Gasteiger partial charge in [-0.1, -0.05) is 72.3 Å². The summed E-state index contributed by atoms with van der Waals surface area (Å²) in [6.45, 7) is 0. The van der Waals surface area contributed by atoms with E-state index in [9.17, 15) is 14.7 Å². The van der Waals surface area contributed by atoms with Gasteiger partial charge < -0.3 is 15.4 Å². The highest BCUT2D eigenvalue weighted by molar-refractivity contribution is 6.30. The van der Waals surface area contributed by atoms with Crippen LogP contribution in [0.3, 0.4) is 0 Å². The van der Waals surface area contributed by atoms with Gasteiger partial charge in [0.25, 0.3) is 0 Å². The van der Waals surface area contributed by atoms with Crippen molar-refractivity contribution in [3.05, 3.63) is 126 Å². The van der Waals surface area contributed by atoms with Gasteiger partial charge in [0.15, 0.2) is 0 Å². The molecular weight excluding hydrogens is 536 g/mol. The van der Waals surface area contributed by atoms with Gasteiger partial charge in [0, 0.05) is 51.9 Å². The number of carboxylic acid groups (broad SMARTS) is 1. The number of aromatic amines is 1. The Morgan fingerprint density at radius 1 is 0.976 bits per heavy atom. The largest absolute Gasteiger partial charge is 0.480 e. The molecule has 7 nitrogen and oxygen atoms in total. The number of carboxylic acids is 1. The minimum absolute atomic E-state index is 0.147. The lowest BCUT2D eigenvalue weighted by Gasteiger charge is -2.12. The number of para-hydroxylation sites is 1. The standard InChI is InChI=1S/C33H25ClN4O3/c34-26-8-5-9-27(18-26)38-20-24(32(37-38)23-13-12-21-6-1-2-7-22(21)16-23)14-15-31(39)36-30(33(40)41)17-25-19-35-29-11-4-3-10-28(25)29/h1-16,18-20,30,35H,17H2,(H,36,39)(H,40,41)/b15-14+. The number of carbonyl (C=O) groups excluding carboxylic acids is 1. The van der Waals surface area contributed by atoms with Gasteiger partial charge in [0.2, 0.25) is 5.91 Å². The van der Waals surface area contributed by atoms with Crippen LogP contribution in [0.15, 0.2) is 109 Å². The molecule has 0 aliphatic rings. The van der Waals surface area contributed by atoms with Crippen LogP contribution in [-0.2, 0) is 16.0 Å². The quantitative estimate of drug-likeness (QED) is 0.181. The molecule has 2 aromatic heterocycles. The summed E-state index contributed by atoms with van der Waals surface area (Å²) in [5.74, 6) is -1.63. The number of rotatable bonds is 8. The fourth-order valence-electron chi connectivity index (χ4n) is 4.93. The van der Waals surface area contributed by atoms with E-state index in [1.54, 1.807) is 29.1 Å². The third-order valence-corrected chi connectivity index (χ3v) is 7.20. The van der Waals surface area contributed by atoms with Crippen molar-refractivity contribution in [2.45, 2.75) is 12.5 Å².